The maximum absolute atomic E-state index is 13.8. The highest BCUT2D eigenvalue weighted by atomic mass is 28.3. The second-order valence-electron chi connectivity index (χ2n) is 12.3. The molecular formula is C29H45N3O9Si. The number of esters is 1. The monoisotopic (exact) mass is 607 g/mol. The molecule has 0 aromatic carbocycles. The summed E-state index contributed by atoms with van der Waals surface area (Å²) < 4.78 is 16.5. The molecule has 2 aliphatic heterocycles. The number of carbonyl (C=O) groups is 6. The summed E-state index contributed by atoms with van der Waals surface area (Å²) in [6.07, 6.45) is 1.70. The molecule has 13 heteroatoms. The van der Waals surface area contributed by atoms with E-state index < -0.39 is 67.9 Å². The number of Topliss-reactive ketones (excluding diaryl/α,β-unsaturated/α-hetero) is 1. The molecule has 0 aliphatic carbocycles. The van der Waals surface area contributed by atoms with Crippen molar-refractivity contribution in [3.05, 3.63) is 25.3 Å². The minimum atomic E-state index is -1.73. The molecule has 2 heterocycles. The zero-order valence-electron chi connectivity index (χ0n) is 26.0. The van der Waals surface area contributed by atoms with Gasteiger partial charge in [0.1, 0.15) is 25.0 Å². The first kappa shape index (κ1) is 34.9. The Kier molecular flexibility index (Phi) is 11.4. The van der Waals surface area contributed by atoms with Crippen molar-refractivity contribution in [1.29, 1.82) is 0 Å². The molecule has 1 unspecified atom stereocenters. The van der Waals surface area contributed by atoms with Crippen LogP contribution in [0.4, 0.5) is 4.79 Å². The SMILES string of the molecule is C=CCOC(=O)C(=O)N1C(=O)[C@H]([C@@](C)(O[SiH](C)C)C(C)(C)C)[C@H]1CC(=O)C1C[C@@H](C(=O)N(C)C)N(C(=O)OCC=C)C1. The fraction of sp³-hybridized carbons (Fsp3) is 0.655. The van der Waals surface area contributed by atoms with Gasteiger partial charge in [0.05, 0.1) is 17.6 Å². The lowest BCUT2D eigenvalue weighted by molar-refractivity contribution is -0.194. The average molecular weight is 608 g/mol. The van der Waals surface area contributed by atoms with E-state index in [9.17, 15) is 28.8 Å². The first-order valence-electron chi connectivity index (χ1n) is 14.0. The molecule has 2 rings (SSSR count). The highest BCUT2D eigenvalue weighted by Crippen LogP contribution is 2.49. The minimum Gasteiger partial charge on any atom is -0.454 e. The molecule has 0 radical (unpaired) electrons. The third kappa shape index (κ3) is 7.17. The molecule has 0 spiro atoms. The number of hydrogen-bond donors (Lipinski definition) is 0. The van der Waals surface area contributed by atoms with E-state index in [2.05, 4.69) is 13.2 Å². The van der Waals surface area contributed by atoms with Gasteiger partial charge < -0.3 is 18.8 Å². The number of hydrogen-bond acceptors (Lipinski definition) is 9. The van der Waals surface area contributed by atoms with Gasteiger partial charge in [0.2, 0.25) is 11.8 Å². The van der Waals surface area contributed by atoms with Crippen LogP contribution < -0.4 is 0 Å². The molecule has 0 bridgehead atoms. The largest absolute Gasteiger partial charge is 0.454 e. The van der Waals surface area contributed by atoms with Crippen LogP contribution in [0.15, 0.2) is 25.3 Å². The van der Waals surface area contributed by atoms with Crippen molar-refractivity contribution in [2.45, 2.75) is 71.3 Å². The maximum atomic E-state index is 13.8. The van der Waals surface area contributed by atoms with Crippen molar-refractivity contribution >= 4 is 44.6 Å². The summed E-state index contributed by atoms with van der Waals surface area (Å²) in [5.41, 5.74) is -1.64. The van der Waals surface area contributed by atoms with Gasteiger partial charge in [0.15, 0.2) is 9.04 Å². The predicted octanol–water partition coefficient (Wildman–Crippen LogP) is 1.93. The van der Waals surface area contributed by atoms with Crippen molar-refractivity contribution in [1.82, 2.24) is 14.7 Å². The van der Waals surface area contributed by atoms with Gasteiger partial charge in [-0.3, -0.25) is 29.0 Å². The Morgan fingerprint density at radius 3 is 2.10 bits per heavy atom. The van der Waals surface area contributed by atoms with Crippen molar-refractivity contribution in [3.63, 3.8) is 0 Å². The van der Waals surface area contributed by atoms with Crippen molar-refractivity contribution in [2.24, 2.45) is 17.3 Å². The van der Waals surface area contributed by atoms with Crippen LogP contribution in [0.25, 0.3) is 0 Å². The molecule has 234 valence electrons. The predicted molar refractivity (Wildman–Crippen MR) is 157 cm³/mol. The first-order chi connectivity index (χ1) is 19.4. The van der Waals surface area contributed by atoms with Crippen LogP contribution in [0, 0.1) is 17.3 Å². The second-order valence-corrected chi connectivity index (χ2v) is 14.7. The number of ether oxygens (including phenoxy) is 2. The van der Waals surface area contributed by atoms with Gasteiger partial charge in [-0.05, 0) is 31.9 Å². The molecule has 42 heavy (non-hydrogen) atoms. The Hall–Kier alpha value is -3.32. The Morgan fingerprint density at radius 2 is 1.60 bits per heavy atom. The standard InChI is InChI=1S/C29H45N3O9Si/c1-11-13-39-26(37)25(36)32-19(22(24(32)35)29(6,28(3,4)5)41-42(9)10)16-21(33)18-15-20(23(34)30(7)8)31(17-18)27(38)40-14-12-2/h11-12,18-20,22,42H,1-2,13-17H2,3-10H3/t18?,19-,20+,22-,29-/m1/s1. The zero-order valence-corrected chi connectivity index (χ0v) is 27.2. The number of amides is 4. The number of ketones is 1. The van der Waals surface area contributed by atoms with Gasteiger partial charge in [-0.2, -0.15) is 0 Å². The first-order valence-corrected chi connectivity index (χ1v) is 16.8. The van der Waals surface area contributed by atoms with Gasteiger partial charge in [0.25, 0.3) is 0 Å². The zero-order chi connectivity index (χ0) is 32.2. The number of carbonyl (C=O) groups excluding carboxylic acids is 6. The van der Waals surface area contributed by atoms with E-state index in [1.807, 2.05) is 33.9 Å². The Labute approximate surface area is 249 Å². The molecule has 12 nitrogen and oxygen atoms in total. The van der Waals surface area contributed by atoms with E-state index >= 15 is 0 Å². The van der Waals surface area contributed by atoms with Crippen LogP contribution in [0.1, 0.15) is 40.5 Å². The van der Waals surface area contributed by atoms with Crippen LogP contribution >= 0.6 is 0 Å². The molecule has 0 N–H and O–H groups in total. The summed E-state index contributed by atoms with van der Waals surface area (Å²) in [7, 11) is 1.37. The topological polar surface area (TPSA) is 140 Å². The summed E-state index contributed by atoms with van der Waals surface area (Å²) in [4.78, 5) is 81.9. The number of rotatable bonds is 11. The molecule has 4 amide bonds. The van der Waals surface area contributed by atoms with Crippen LogP contribution in [0.2, 0.25) is 13.1 Å². The van der Waals surface area contributed by atoms with Gasteiger partial charge in [-0.25, -0.2) is 9.59 Å². The summed E-state index contributed by atoms with van der Waals surface area (Å²) in [6.45, 7) is 18.1. The van der Waals surface area contributed by atoms with Gasteiger partial charge in [-0.15, -0.1) is 0 Å². The van der Waals surface area contributed by atoms with Crippen molar-refractivity contribution in [2.75, 3.05) is 33.9 Å². The summed E-state index contributed by atoms with van der Waals surface area (Å²) >= 11 is 0. The number of nitrogens with zero attached hydrogens (tertiary/aromatic N) is 3. The maximum Gasteiger partial charge on any atom is 0.410 e. The molecule has 0 aromatic heterocycles. The van der Waals surface area contributed by atoms with E-state index in [1.54, 1.807) is 21.0 Å². The van der Waals surface area contributed by atoms with Crippen LogP contribution in [-0.4, -0.2) is 111 Å². The molecule has 2 saturated heterocycles. The normalized spacial score (nSPS) is 23.5. The van der Waals surface area contributed by atoms with Crippen LogP contribution in [0.5, 0.6) is 0 Å². The molecule has 0 saturated carbocycles. The van der Waals surface area contributed by atoms with E-state index in [-0.39, 0.29) is 44.3 Å². The van der Waals surface area contributed by atoms with E-state index in [1.165, 1.54) is 22.0 Å². The molecule has 5 atom stereocenters. The van der Waals surface area contributed by atoms with Gasteiger partial charge in [0, 0.05) is 33.0 Å². The lowest BCUT2D eigenvalue weighted by atomic mass is 9.62. The highest BCUT2D eigenvalue weighted by Gasteiger charge is 2.64. The average Bonchev–Trinajstić information content (AvgIpc) is 3.34. The molecule has 2 fully saturated rings. The summed E-state index contributed by atoms with van der Waals surface area (Å²) in [5, 5.41) is 0. The fourth-order valence-corrected chi connectivity index (χ4v) is 6.98. The number of likely N-dealkylation sites (N-methyl/N-ethyl adjacent to an activating group) is 1. The lowest BCUT2D eigenvalue weighted by Crippen LogP contribution is -2.74. The Bertz CT molecular complexity index is 1120. The molecule has 2 aliphatic rings. The molecule has 0 aromatic rings. The Balaban J connectivity index is 2.45. The quantitative estimate of drug-likeness (QED) is 0.113. The third-order valence-corrected chi connectivity index (χ3v) is 8.92. The fourth-order valence-electron chi connectivity index (χ4n) is 5.50. The van der Waals surface area contributed by atoms with Crippen molar-refractivity contribution < 1.29 is 42.7 Å². The highest BCUT2D eigenvalue weighted by molar-refractivity contribution is 6.48. The summed E-state index contributed by atoms with van der Waals surface area (Å²) in [5.74, 6) is -5.42. The van der Waals surface area contributed by atoms with Gasteiger partial charge in [-0.1, -0.05) is 46.1 Å². The van der Waals surface area contributed by atoms with Gasteiger partial charge >= 0.3 is 18.0 Å². The molecular weight excluding hydrogens is 562 g/mol. The van der Waals surface area contributed by atoms with Crippen molar-refractivity contribution in [3.8, 4) is 0 Å². The van der Waals surface area contributed by atoms with Crippen LogP contribution in [0.3, 0.4) is 0 Å². The van der Waals surface area contributed by atoms with Crippen LogP contribution in [-0.2, 0) is 37.9 Å². The number of imide groups is 1. The lowest BCUT2D eigenvalue weighted by Gasteiger charge is -2.57. The second kappa shape index (κ2) is 13.8. The third-order valence-electron chi connectivity index (χ3n) is 7.96. The smallest absolute Gasteiger partial charge is 0.410 e. The van der Waals surface area contributed by atoms with E-state index in [4.69, 9.17) is 13.9 Å². The van der Waals surface area contributed by atoms with E-state index in [0.29, 0.717) is 0 Å². The van der Waals surface area contributed by atoms with E-state index in [0.717, 1.165) is 4.90 Å². The Morgan fingerprint density at radius 1 is 1.02 bits per heavy atom. The summed E-state index contributed by atoms with van der Waals surface area (Å²) in [6, 6.07) is -1.91. The minimum absolute atomic E-state index is 0.0473. The number of β-lactam (4-membered cyclic amide) rings is 1. The number of likely N-dealkylation sites (tertiary alicyclic amines) is 2.